The van der Waals surface area contributed by atoms with Gasteiger partial charge in [-0.3, -0.25) is 0 Å². The van der Waals surface area contributed by atoms with Crippen LogP contribution in [0.4, 0.5) is 34.1 Å². The Morgan fingerprint density at radius 3 is 0.816 bits per heavy atom. The van der Waals surface area contributed by atoms with Crippen molar-refractivity contribution in [1.29, 1.82) is 0 Å². The second kappa shape index (κ2) is 30.2. The maximum Gasteiger partial charge on any atom is 0.252 e. The summed E-state index contributed by atoms with van der Waals surface area (Å²) in [7, 11) is -6.65. The Morgan fingerprint density at radius 1 is 0.224 bits per heavy atom. The first kappa shape index (κ1) is 78.7. The molecular weight excluding hydrogens is 1540 g/mol. The van der Waals surface area contributed by atoms with E-state index in [9.17, 15) is 0 Å². The lowest BCUT2D eigenvalue weighted by Crippen LogP contribution is -2.75. The number of rotatable bonds is 14. The molecule has 0 aliphatic carbocycles. The molecule has 606 valence electrons. The minimum absolute atomic E-state index is 0.108. The molecule has 2 aliphatic rings. The molecule has 0 saturated carbocycles. The highest BCUT2D eigenvalue weighted by Crippen LogP contribution is 2.49. The molecule has 2 aromatic heterocycles. The molecule has 7 heteroatoms. The molecule has 0 saturated heterocycles. The van der Waals surface area contributed by atoms with Gasteiger partial charge in [0.2, 0.25) is 0 Å². The normalized spacial score (nSPS) is 13.1. The van der Waals surface area contributed by atoms with Gasteiger partial charge in [0.05, 0.1) is 22.1 Å². The van der Waals surface area contributed by atoms with Gasteiger partial charge in [-0.2, -0.15) is 0 Å². The highest BCUT2D eigenvalue weighted by atomic mass is 28.3. The third kappa shape index (κ3) is 12.8. The molecular formula is C118H103BN4Si2. The van der Waals surface area contributed by atoms with Crippen molar-refractivity contribution in [3.8, 4) is 33.6 Å². The van der Waals surface area contributed by atoms with Crippen molar-refractivity contribution in [3.63, 3.8) is 0 Å². The summed E-state index contributed by atoms with van der Waals surface area (Å²) in [5.74, 6) is 0. The molecule has 21 rings (SSSR count). The second-order valence-corrected chi connectivity index (χ2v) is 46.3. The average molecular weight is 1640 g/mol. The smallest absolute Gasteiger partial charge is 0.252 e. The van der Waals surface area contributed by atoms with Crippen LogP contribution in [0.2, 0.25) is 0 Å². The van der Waals surface area contributed by atoms with Crippen molar-refractivity contribution in [2.45, 2.75) is 105 Å². The quantitative estimate of drug-likeness (QED) is 0.0797. The van der Waals surface area contributed by atoms with Crippen molar-refractivity contribution in [3.05, 3.63) is 429 Å². The minimum Gasteiger partial charge on any atom is -0.312 e. The van der Waals surface area contributed by atoms with Gasteiger partial charge in [-0.05, 0) is 186 Å². The second-order valence-electron chi connectivity index (χ2n) is 38.7. The van der Waals surface area contributed by atoms with Crippen molar-refractivity contribution in [2.24, 2.45) is 0 Å². The number of fused-ring (bicyclic) bond motifs is 10. The SMILES string of the molecule is CC(C)(C)c1cc(-c2cccc3c4ccccc4n(-c4ccc5c(c4)B4c6cc(-n7c8ccccc8c8cccc(-c9cc(C(C)(C)C)cc(C(C)(C)C)c9)c87)ccc6N(c6ccccc6[Si](c6ccccc6)(c6ccccc6)c6ccccc6)c6cccc(c64)N5c4ccccc4[Si](c4ccccc4)(c4ccccc4)c4ccccc4)c23)cc(C(C)(C)C)c1. The van der Waals surface area contributed by atoms with Crippen LogP contribution in [-0.2, 0) is 21.7 Å². The summed E-state index contributed by atoms with van der Waals surface area (Å²) < 4.78 is 5.25. The van der Waals surface area contributed by atoms with Gasteiger partial charge < -0.3 is 18.9 Å². The molecule has 125 heavy (non-hydrogen) atoms. The summed E-state index contributed by atoms with van der Waals surface area (Å²) in [5, 5.41) is 15.3. The zero-order valence-electron chi connectivity index (χ0n) is 73.5. The molecule has 0 unspecified atom stereocenters. The largest absolute Gasteiger partial charge is 0.312 e. The standard InChI is InChI=1S/C118H103BN4Si2/c1-115(2,3)82-72-80(73-83(76-82)116(4,5)6)94-56-39-58-98-96-54-31-33-60-102(96)120(113(94)98)86-68-70-104-100(78-86)119-101-79-87(121-103-61-34-32-55-97(103)99-59-40-57-95(114(99)121)81-74-84(117(7,8)9)77-85(75-81)118(10,11)12)69-71-105(101)123(107-63-36-38-67-111(107)125(91-48-25-16-26-49-91,92-50-27-17-28-51-92)93-52-29-18-30-53-93)109-65-41-64-108(112(109)119)122(104)106-62-35-37-66-110(106)124(88-42-19-13-20-43-88,89-44-21-14-22-45-89)90-46-23-15-24-47-90/h13-79H,1-12H3. The van der Waals surface area contributed by atoms with E-state index in [1.54, 1.807) is 0 Å². The number of hydrogen-bond acceptors (Lipinski definition) is 2. The Kier molecular flexibility index (Phi) is 19.0. The van der Waals surface area contributed by atoms with Crippen LogP contribution in [0.1, 0.15) is 105 Å². The van der Waals surface area contributed by atoms with Crippen LogP contribution in [-0.4, -0.2) is 32.0 Å². The number of benzene rings is 17. The van der Waals surface area contributed by atoms with E-state index in [-0.39, 0.29) is 28.4 Å². The van der Waals surface area contributed by atoms with Gasteiger partial charge in [-0.25, -0.2) is 0 Å². The van der Waals surface area contributed by atoms with Gasteiger partial charge in [0, 0.05) is 78.2 Å². The number of hydrogen-bond donors (Lipinski definition) is 0. The van der Waals surface area contributed by atoms with Crippen LogP contribution in [0, 0.1) is 0 Å². The first-order valence-electron chi connectivity index (χ1n) is 44.5. The average Bonchev–Trinajstić information content (AvgIpc) is 1.59. The van der Waals surface area contributed by atoms with Crippen molar-refractivity contribution in [1.82, 2.24) is 9.13 Å². The van der Waals surface area contributed by atoms with Crippen molar-refractivity contribution >= 4 is 158 Å². The molecule has 17 aromatic carbocycles. The fourth-order valence-electron chi connectivity index (χ4n) is 21.1. The monoisotopic (exact) mass is 1640 g/mol. The predicted molar refractivity (Wildman–Crippen MR) is 542 cm³/mol. The molecule has 4 nitrogen and oxygen atoms in total. The van der Waals surface area contributed by atoms with Gasteiger partial charge in [-0.15, -0.1) is 0 Å². The lowest BCUT2D eigenvalue weighted by atomic mass is 9.33. The van der Waals surface area contributed by atoms with Gasteiger partial charge >= 0.3 is 0 Å². The number of aromatic nitrogens is 2. The fraction of sp³-hybridized carbons (Fsp3) is 0.136. The van der Waals surface area contributed by atoms with E-state index < -0.39 is 16.1 Å². The van der Waals surface area contributed by atoms with E-state index in [1.807, 2.05) is 0 Å². The van der Waals surface area contributed by atoms with Crippen LogP contribution in [0.3, 0.4) is 0 Å². The highest BCUT2D eigenvalue weighted by molar-refractivity contribution is 7.21. The van der Waals surface area contributed by atoms with E-state index in [0.717, 1.165) is 56.5 Å². The minimum atomic E-state index is -3.32. The van der Waals surface area contributed by atoms with Gasteiger partial charge in [0.1, 0.15) is 0 Å². The first-order chi connectivity index (χ1) is 60.6. The van der Waals surface area contributed by atoms with E-state index in [1.165, 1.54) is 135 Å². The lowest BCUT2D eigenvalue weighted by Gasteiger charge is -2.46. The number of anilines is 6. The molecule has 4 heterocycles. The molecule has 0 spiro atoms. The Labute approximate surface area is 739 Å². The van der Waals surface area contributed by atoms with Crippen LogP contribution in [0.15, 0.2) is 406 Å². The number of nitrogens with zero attached hydrogens (tertiary/aromatic N) is 4. The van der Waals surface area contributed by atoms with E-state index >= 15 is 0 Å². The van der Waals surface area contributed by atoms with Crippen LogP contribution >= 0.6 is 0 Å². The topological polar surface area (TPSA) is 16.3 Å². The Bertz CT molecular complexity index is 6700. The summed E-state index contributed by atoms with van der Waals surface area (Å²) in [6, 6.07) is 158. The zero-order valence-corrected chi connectivity index (χ0v) is 75.5. The molecule has 0 bridgehead atoms. The maximum absolute atomic E-state index is 3.32. The molecule has 0 amide bonds. The summed E-state index contributed by atoms with van der Waals surface area (Å²) >= 11 is 0. The molecule has 0 fully saturated rings. The lowest BCUT2D eigenvalue weighted by molar-refractivity contribution is 0.568. The van der Waals surface area contributed by atoms with E-state index in [0.29, 0.717) is 0 Å². The Morgan fingerprint density at radius 2 is 0.496 bits per heavy atom. The summed E-state index contributed by atoms with van der Waals surface area (Å²) in [6.07, 6.45) is 0. The molecule has 0 atom stereocenters. The molecule has 0 N–H and O–H groups in total. The number of para-hydroxylation sites is 6. The molecule has 19 aromatic rings. The first-order valence-corrected chi connectivity index (χ1v) is 48.5. The highest BCUT2D eigenvalue weighted by Gasteiger charge is 2.50. The van der Waals surface area contributed by atoms with Crippen molar-refractivity contribution in [2.75, 3.05) is 9.80 Å². The predicted octanol–water partition coefficient (Wildman–Crippen LogP) is 23.2. The fourth-order valence-corrected chi connectivity index (χ4v) is 31.0. The van der Waals surface area contributed by atoms with Gasteiger partial charge in [-0.1, -0.05) is 417 Å². The Balaban J connectivity index is 0.919. The van der Waals surface area contributed by atoms with Crippen LogP contribution in [0.25, 0.3) is 77.2 Å². The third-order valence-electron chi connectivity index (χ3n) is 27.2. The van der Waals surface area contributed by atoms with Crippen molar-refractivity contribution < 1.29 is 0 Å². The third-order valence-corrected chi connectivity index (χ3v) is 36.8. The van der Waals surface area contributed by atoms with Gasteiger partial charge in [0.25, 0.3) is 6.71 Å². The van der Waals surface area contributed by atoms with E-state index in [2.05, 4.69) is 508 Å². The van der Waals surface area contributed by atoms with E-state index in [4.69, 9.17) is 0 Å². The summed E-state index contributed by atoms with van der Waals surface area (Å²) in [4.78, 5) is 5.44. The van der Waals surface area contributed by atoms with Crippen LogP contribution < -0.4 is 67.7 Å². The summed E-state index contributed by atoms with van der Waals surface area (Å²) in [5.41, 5.74) is 27.0. The maximum atomic E-state index is 2.72. The Hall–Kier alpha value is -13.6. The van der Waals surface area contributed by atoms with Crippen LogP contribution in [0.5, 0.6) is 0 Å². The molecule has 0 radical (unpaired) electrons. The zero-order chi connectivity index (χ0) is 85.5. The summed E-state index contributed by atoms with van der Waals surface area (Å²) in [6.45, 7) is 27.9. The molecule has 2 aliphatic heterocycles. The van der Waals surface area contributed by atoms with Gasteiger partial charge in [0.15, 0.2) is 16.1 Å².